The number of para-hydroxylation sites is 1. The Labute approximate surface area is 94.0 Å². The Morgan fingerprint density at radius 1 is 1.38 bits per heavy atom. The third-order valence-corrected chi connectivity index (χ3v) is 1.64. The summed E-state index contributed by atoms with van der Waals surface area (Å²) >= 11 is 0. The van der Waals surface area contributed by atoms with Crippen LogP contribution in [-0.4, -0.2) is 37.6 Å². The Morgan fingerprint density at radius 2 is 2.25 bits per heavy atom. The van der Waals surface area contributed by atoms with Crippen molar-refractivity contribution in [3.05, 3.63) is 30.3 Å². The van der Waals surface area contributed by atoms with Crippen molar-refractivity contribution in [1.29, 1.82) is 0 Å². The molecule has 0 aliphatic heterocycles. The van der Waals surface area contributed by atoms with Crippen molar-refractivity contribution in [2.24, 2.45) is 0 Å². The molecule has 1 radical (unpaired) electrons. The molecule has 16 heavy (non-hydrogen) atoms. The molecule has 0 unspecified atom stereocenters. The number of carbonyl (C=O) groups is 1. The molecule has 0 bridgehead atoms. The van der Waals surface area contributed by atoms with Crippen LogP contribution in [0.1, 0.15) is 0 Å². The fourth-order valence-electron chi connectivity index (χ4n) is 0.977. The predicted molar refractivity (Wildman–Crippen MR) is 58.2 cm³/mol. The van der Waals surface area contributed by atoms with Gasteiger partial charge < -0.3 is 14.6 Å². The monoisotopic (exact) mass is 224 g/mol. The number of ether oxygens (including phenoxy) is 2. The topological polar surface area (TPSA) is 67.8 Å². The van der Waals surface area contributed by atoms with Crippen LogP contribution in [-0.2, 0) is 9.47 Å². The van der Waals surface area contributed by atoms with E-state index in [1.807, 2.05) is 0 Å². The number of benzene rings is 1. The molecule has 0 aliphatic carbocycles. The fraction of sp³-hybridized carbons (Fsp3) is 0.364. The summed E-state index contributed by atoms with van der Waals surface area (Å²) in [5, 5.41) is 10.9. The molecule has 0 heterocycles. The second kappa shape index (κ2) is 7.67. The molecular weight excluding hydrogens is 210 g/mol. The first-order chi connectivity index (χ1) is 7.83. The molecule has 0 atom stereocenters. The lowest BCUT2D eigenvalue weighted by atomic mass is 10.3. The van der Waals surface area contributed by atoms with Crippen LogP contribution < -0.4 is 5.32 Å². The minimum Gasteiger partial charge on any atom is -0.447 e. The SMILES string of the molecule is O=C(Nc1[c]cccc1)OCCOCCO. The van der Waals surface area contributed by atoms with Crippen molar-refractivity contribution in [2.75, 3.05) is 31.7 Å². The maximum Gasteiger partial charge on any atom is 0.411 e. The smallest absolute Gasteiger partial charge is 0.411 e. The van der Waals surface area contributed by atoms with Crippen LogP contribution in [0.25, 0.3) is 0 Å². The van der Waals surface area contributed by atoms with E-state index in [4.69, 9.17) is 14.6 Å². The molecule has 5 nitrogen and oxygen atoms in total. The molecule has 0 saturated carbocycles. The van der Waals surface area contributed by atoms with Crippen LogP contribution >= 0.6 is 0 Å². The summed E-state index contributed by atoms with van der Waals surface area (Å²) in [6.45, 7) is 0.633. The number of anilines is 1. The van der Waals surface area contributed by atoms with Crippen LogP contribution in [0, 0.1) is 6.07 Å². The van der Waals surface area contributed by atoms with Crippen LogP contribution in [0.4, 0.5) is 10.5 Å². The van der Waals surface area contributed by atoms with Crippen molar-refractivity contribution in [2.45, 2.75) is 0 Å². The van der Waals surface area contributed by atoms with Crippen molar-refractivity contribution >= 4 is 11.8 Å². The number of hydrogen-bond acceptors (Lipinski definition) is 4. The normalized spacial score (nSPS) is 9.81. The molecule has 0 spiro atoms. The van der Waals surface area contributed by atoms with E-state index in [-0.39, 0.29) is 26.4 Å². The Hall–Kier alpha value is -1.59. The third kappa shape index (κ3) is 5.33. The molecule has 1 aromatic rings. The summed E-state index contributed by atoms with van der Waals surface area (Å²) in [6, 6.07) is 9.83. The number of nitrogens with one attached hydrogen (secondary N) is 1. The largest absolute Gasteiger partial charge is 0.447 e. The van der Waals surface area contributed by atoms with Crippen molar-refractivity contribution in [1.82, 2.24) is 0 Å². The molecule has 87 valence electrons. The van der Waals surface area contributed by atoms with Gasteiger partial charge in [0.2, 0.25) is 0 Å². The van der Waals surface area contributed by atoms with Gasteiger partial charge in [-0.25, -0.2) is 4.79 Å². The van der Waals surface area contributed by atoms with Crippen LogP contribution in [0.15, 0.2) is 24.3 Å². The number of amides is 1. The maximum absolute atomic E-state index is 11.2. The zero-order valence-corrected chi connectivity index (χ0v) is 8.81. The van der Waals surface area contributed by atoms with E-state index in [0.29, 0.717) is 5.69 Å². The number of rotatable bonds is 6. The molecule has 2 N–H and O–H groups in total. The van der Waals surface area contributed by atoms with Gasteiger partial charge >= 0.3 is 6.09 Å². The lowest BCUT2D eigenvalue weighted by Gasteiger charge is -2.06. The quantitative estimate of drug-likeness (QED) is 0.708. The highest BCUT2D eigenvalue weighted by atomic mass is 16.6. The van der Waals surface area contributed by atoms with E-state index in [2.05, 4.69) is 11.4 Å². The summed E-state index contributed by atoms with van der Waals surface area (Å²) in [5.74, 6) is 0. The predicted octanol–water partition coefficient (Wildman–Crippen LogP) is 1.04. The van der Waals surface area contributed by atoms with E-state index in [1.54, 1.807) is 24.3 Å². The molecule has 1 aromatic carbocycles. The highest BCUT2D eigenvalue weighted by Gasteiger charge is 2.01. The second-order valence-electron chi connectivity index (χ2n) is 2.87. The van der Waals surface area contributed by atoms with E-state index in [0.717, 1.165) is 0 Å². The van der Waals surface area contributed by atoms with Gasteiger partial charge in [0, 0.05) is 6.07 Å². The second-order valence-corrected chi connectivity index (χ2v) is 2.87. The van der Waals surface area contributed by atoms with Crippen molar-refractivity contribution in [3.63, 3.8) is 0 Å². The minimum atomic E-state index is -0.546. The molecule has 0 aromatic heterocycles. The molecule has 5 heteroatoms. The number of carbonyl (C=O) groups excluding carboxylic acids is 1. The van der Waals surface area contributed by atoms with Gasteiger partial charge in [-0.3, -0.25) is 5.32 Å². The average molecular weight is 224 g/mol. The third-order valence-electron chi connectivity index (χ3n) is 1.64. The first-order valence-electron chi connectivity index (χ1n) is 4.92. The van der Waals surface area contributed by atoms with E-state index >= 15 is 0 Å². The van der Waals surface area contributed by atoms with Crippen LogP contribution in [0.2, 0.25) is 0 Å². The number of hydrogen-bond donors (Lipinski definition) is 2. The molecule has 0 saturated heterocycles. The molecule has 0 fully saturated rings. The number of aliphatic hydroxyl groups excluding tert-OH is 1. The van der Waals surface area contributed by atoms with Gasteiger partial charge in [0.15, 0.2) is 0 Å². The molecule has 1 amide bonds. The Bertz CT molecular complexity index is 302. The van der Waals surface area contributed by atoms with Gasteiger partial charge in [-0.05, 0) is 6.07 Å². The van der Waals surface area contributed by atoms with Gasteiger partial charge in [-0.1, -0.05) is 18.2 Å². The molecule has 0 aliphatic rings. The summed E-state index contributed by atoms with van der Waals surface area (Å²) in [5.41, 5.74) is 0.559. The van der Waals surface area contributed by atoms with Gasteiger partial charge in [0.05, 0.1) is 25.5 Å². The summed E-state index contributed by atoms with van der Waals surface area (Å²) in [7, 11) is 0. The first kappa shape index (κ1) is 12.5. The van der Waals surface area contributed by atoms with Crippen LogP contribution in [0.5, 0.6) is 0 Å². The molecule has 1 rings (SSSR count). The lowest BCUT2D eigenvalue weighted by Crippen LogP contribution is -2.17. The minimum absolute atomic E-state index is 0.0365. The summed E-state index contributed by atoms with van der Waals surface area (Å²) < 4.78 is 9.74. The van der Waals surface area contributed by atoms with E-state index in [1.165, 1.54) is 0 Å². The van der Waals surface area contributed by atoms with Crippen molar-refractivity contribution in [3.8, 4) is 0 Å². The molecular formula is C11H14NO4. The van der Waals surface area contributed by atoms with Gasteiger partial charge in [0.25, 0.3) is 0 Å². The zero-order valence-electron chi connectivity index (χ0n) is 8.81. The number of aliphatic hydroxyl groups is 1. The van der Waals surface area contributed by atoms with Gasteiger partial charge in [0.1, 0.15) is 6.61 Å². The zero-order chi connectivity index (χ0) is 11.6. The average Bonchev–Trinajstić information content (AvgIpc) is 2.30. The summed E-state index contributed by atoms with van der Waals surface area (Å²) in [6.07, 6.45) is -0.546. The Kier molecular flexibility index (Phi) is 5.98. The standard InChI is InChI=1S/C11H14NO4/c13-6-7-15-8-9-16-11(14)12-10-4-2-1-3-5-10/h1-4,13H,6-9H2,(H,12,14). The fourth-order valence-corrected chi connectivity index (χ4v) is 0.977. The Morgan fingerprint density at radius 3 is 2.94 bits per heavy atom. The van der Waals surface area contributed by atoms with E-state index in [9.17, 15) is 4.79 Å². The first-order valence-corrected chi connectivity index (χ1v) is 4.92. The summed E-state index contributed by atoms with van der Waals surface area (Å²) in [4.78, 5) is 11.2. The van der Waals surface area contributed by atoms with Crippen LogP contribution in [0.3, 0.4) is 0 Å². The highest BCUT2D eigenvalue weighted by Crippen LogP contribution is 2.03. The van der Waals surface area contributed by atoms with E-state index < -0.39 is 6.09 Å². The lowest BCUT2D eigenvalue weighted by molar-refractivity contribution is 0.0572. The Balaban J connectivity index is 2.12. The van der Waals surface area contributed by atoms with Gasteiger partial charge in [-0.15, -0.1) is 0 Å². The highest BCUT2D eigenvalue weighted by molar-refractivity contribution is 5.84. The van der Waals surface area contributed by atoms with Crippen molar-refractivity contribution < 1.29 is 19.4 Å². The van der Waals surface area contributed by atoms with Gasteiger partial charge in [-0.2, -0.15) is 0 Å². The maximum atomic E-state index is 11.2.